The third-order valence-corrected chi connectivity index (χ3v) is 3.00. The van der Waals surface area contributed by atoms with Crippen molar-refractivity contribution in [2.75, 3.05) is 0 Å². The first-order valence-corrected chi connectivity index (χ1v) is 5.12. The number of thiophene rings is 1. The van der Waals surface area contributed by atoms with E-state index in [0.717, 1.165) is 16.7 Å². The molecule has 0 fully saturated rings. The molecule has 2 nitrogen and oxygen atoms in total. The Morgan fingerprint density at radius 2 is 2.21 bits per heavy atom. The normalized spacial score (nSPS) is 10.9. The number of aromatic nitrogens is 1. The van der Waals surface area contributed by atoms with Gasteiger partial charge in [0.15, 0.2) is 5.58 Å². The SMILES string of the molecule is [c]1nc2c(-c3cccs3)cccc2o1. The Labute approximate surface area is 84.8 Å². The van der Waals surface area contributed by atoms with E-state index in [1.807, 2.05) is 24.3 Å². The summed E-state index contributed by atoms with van der Waals surface area (Å²) in [7, 11) is 0. The van der Waals surface area contributed by atoms with Crippen molar-refractivity contribution in [3.8, 4) is 10.4 Å². The second kappa shape index (κ2) is 2.96. The lowest BCUT2D eigenvalue weighted by molar-refractivity contribution is 0.591. The van der Waals surface area contributed by atoms with Gasteiger partial charge < -0.3 is 4.42 Å². The van der Waals surface area contributed by atoms with Gasteiger partial charge in [-0.1, -0.05) is 18.2 Å². The van der Waals surface area contributed by atoms with Gasteiger partial charge >= 0.3 is 0 Å². The van der Waals surface area contributed by atoms with Crippen LogP contribution in [0, 0.1) is 6.39 Å². The van der Waals surface area contributed by atoms with Crippen molar-refractivity contribution in [3.05, 3.63) is 42.1 Å². The van der Waals surface area contributed by atoms with Crippen LogP contribution < -0.4 is 0 Å². The molecule has 14 heavy (non-hydrogen) atoms. The molecule has 3 heteroatoms. The number of hydrogen-bond donors (Lipinski definition) is 0. The number of hydrogen-bond acceptors (Lipinski definition) is 3. The first-order valence-electron chi connectivity index (χ1n) is 4.24. The van der Waals surface area contributed by atoms with Gasteiger partial charge in [0, 0.05) is 10.4 Å². The van der Waals surface area contributed by atoms with Crippen molar-refractivity contribution < 1.29 is 4.42 Å². The molecule has 0 saturated heterocycles. The maximum atomic E-state index is 5.13. The van der Waals surface area contributed by atoms with Crippen LogP contribution >= 0.6 is 11.3 Å². The van der Waals surface area contributed by atoms with Crippen molar-refractivity contribution in [2.24, 2.45) is 0 Å². The van der Waals surface area contributed by atoms with Crippen molar-refractivity contribution in [3.63, 3.8) is 0 Å². The van der Waals surface area contributed by atoms with E-state index in [2.05, 4.69) is 22.8 Å². The van der Waals surface area contributed by atoms with Crippen LogP contribution in [0.15, 0.2) is 40.1 Å². The van der Waals surface area contributed by atoms with Crippen LogP contribution in [0.2, 0.25) is 0 Å². The molecule has 0 saturated carbocycles. The highest BCUT2D eigenvalue weighted by atomic mass is 32.1. The molecule has 1 aromatic carbocycles. The quantitative estimate of drug-likeness (QED) is 0.602. The second-order valence-corrected chi connectivity index (χ2v) is 3.88. The second-order valence-electron chi connectivity index (χ2n) is 2.93. The van der Waals surface area contributed by atoms with Crippen LogP contribution in [0.1, 0.15) is 0 Å². The van der Waals surface area contributed by atoms with E-state index >= 15 is 0 Å². The lowest BCUT2D eigenvalue weighted by Crippen LogP contribution is -1.75. The molecule has 0 atom stereocenters. The number of oxazole rings is 1. The average Bonchev–Trinajstić information content (AvgIpc) is 2.88. The van der Waals surface area contributed by atoms with E-state index in [-0.39, 0.29) is 0 Å². The summed E-state index contributed by atoms with van der Waals surface area (Å²) in [6.45, 7) is 0. The first-order chi connectivity index (χ1) is 6.95. The van der Waals surface area contributed by atoms with E-state index < -0.39 is 0 Å². The zero-order valence-electron chi connectivity index (χ0n) is 7.23. The molecule has 0 N–H and O–H groups in total. The Hall–Kier alpha value is -1.61. The zero-order chi connectivity index (χ0) is 9.38. The third kappa shape index (κ3) is 1.06. The molecule has 2 heterocycles. The van der Waals surface area contributed by atoms with E-state index in [0.29, 0.717) is 0 Å². The fourth-order valence-corrected chi connectivity index (χ4v) is 2.22. The lowest BCUT2D eigenvalue weighted by Gasteiger charge is -1.96. The Balaban J connectivity index is 2.36. The van der Waals surface area contributed by atoms with Gasteiger partial charge in [-0.2, -0.15) is 0 Å². The lowest BCUT2D eigenvalue weighted by atomic mass is 10.1. The van der Waals surface area contributed by atoms with Crippen LogP contribution in [0.4, 0.5) is 0 Å². The highest BCUT2D eigenvalue weighted by Crippen LogP contribution is 2.30. The monoisotopic (exact) mass is 200 g/mol. The molecule has 67 valence electrons. The smallest absolute Gasteiger partial charge is 0.284 e. The van der Waals surface area contributed by atoms with Crippen molar-refractivity contribution in [2.45, 2.75) is 0 Å². The predicted molar refractivity (Wildman–Crippen MR) is 56.2 cm³/mol. The molecule has 3 rings (SSSR count). The Morgan fingerprint density at radius 1 is 1.21 bits per heavy atom. The molecule has 0 aliphatic carbocycles. The maximum Gasteiger partial charge on any atom is 0.284 e. The van der Waals surface area contributed by atoms with E-state index in [1.54, 1.807) is 11.3 Å². The number of fused-ring (bicyclic) bond motifs is 1. The van der Waals surface area contributed by atoms with Crippen LogP contribution in [0.5, 0.6) is 0 Å². The van der Waals surface area contributed by atoms with Crippen LogP contribution in [-0.2, 0) is 0 Å². The summed E-state index contributed by atoms with van der Waals surface area (Å²) in [4.78, 5) is 5.30. The highest BCUT2D eigenvalue weighted by Gasteiger charge is 2.07. The highest BCUT2D eigenvalue weighted by molar-refractivity contribution is 7.13. The van der Waals surface area contributed by atoms with Gasteiger partial charge in [-0.25, -0.2) is 4.98 Å². The summed E-state index contributed by atoms with van der Waals surface area (Å²) in [5.74, 6) is 0. The fourth-order valence-electron chi connectivity index (χ4n) is 1.47. The number of rotatable bonds is 1. The number of benzene rings is 1. The van der Waals surface area contributed by atoms with Gasteiger partial charge in [0.1, 0.15) is 5.52 Å². The van der Waals surface area contributed by atoms with E-state index in [1.165, 1.54) is 4.88 Å². The minimum atomic E-state index is 0.788. The van der Waals surface area contributed by atoms with Crippen molar-refractivity contribution in [1.82, 2.24) is 4.98 Å². The van der Waals surface area contributed by atoms with Gasteiger partial charge in [0.05, 0.1) is 0 Å². The van der Waals surface area contributed by atoms with Crippen LogP contribution in [0.25, 0.3) is 21.5 Å². The standard InChI is InChI=1S/C11H6NOS/c1-3-8(10-5-2-6-14-10)11-9(4-1)13-7-12-11/h1-6H. The third-order valence-electron chi connectivity index (χ3n) is 2.10. The van der Waals surface area contributed by atoms with E-state index in [4.69, 9.17) is 4.42 Å². The minimum Gasteiger partial charge on any atom is -0.432 e. The minimum absolute atomic E-state index is 0.788. The molecule has 0 bridgehead atoms. The largest absolute Gasteiger partial charge is 0.432 e. The molecule has 0 aliphatic rings. The van der Waals surface area contributed by atoms with Gasteiger partial charge in [-0.3, -0.25) is 0 Å². The van der Waals surface area contributed by atoms with Crippen LogP contribution in [0.3, 0.4) is 0 Å². The molecule has 3 aromatic rings. The fraction of sp³-hybridized carbons (Fsp3) is 0. The Bertz CT molecular complexity index is 553. The number of nitrogens with zero attached hydrogens (tertiary/aromatic N) is 1. The van der Waals surface area contributed by atoms with Gasteiger partial charge in [-0.05, 0) is 17.5 Å². The Kier molecular flexibility index (Phi) is 1.64. The van der Waals surface area contributed by atoms with Gasteiger partial charge in [0.25, 0.3) is 6.39 Å². The molecule has 0 unspecified atom stereocenters. The number of para-hydroxylation sites is 1. The summed E-state index contributed by atoms with van der Waals surface area (Å²) < 4.78 is 5.13. The molecule has 0 aliphatic heterocycles. The van der Waals surface area contributed by atoms with E-state index in [9.17, 15) is 0 Å². The Morgan fingerprint density at radius 3 is 3.07 bits per heavy atom. The molecule has 0 spiro atoms. The van der Waals surface area contributed by atoms with Crippen LogP contribution in [-0.4, -0.2) is 4.98 Å². The average molecular weight is 200 g/mol. The molecule has 0 amide bonds. The van der Waals surface area contributed by atoms with Crippen molar-refractivity contribution in [1.29, 1.82) is 0 Å². The maximum absolute atomic E-state index is 5.13. The molecule has 1 radical (unpaired) electrons. The van der Waals surface area contributed by atoms with Gasteiger partial charge in [-0.15, -0.1) is 11.3 Å². The summed E-state index contributed by atoms with van der Waals surface area (Å²) in [5.41, 5.74) is 2.79. The first kappa shape index (κ1) is 7.76. The zero-order valence-corrected chi connectivity index (χ0v) is 8.04. The predicted octanol–water partition coefficient (Wildman–Crippen LogP) is 3.36. The molecular weight excluding hydrogens is 194 g/mol. The topological polar surface area (TPSA) is 26.0 Å². The summed E-state index contributed by atoms with van der Waals surface area (Å²) >= 11 is 1.70. The molecular formula is C11H6NOS. The summed E-state index contributed by atoms with van der Waals surface area (Å²) in [5, 5.41) is 2.05. The van der Waals surface area contributed by atoms with Gasteiger partial charge in [0.2, 0.25) is 0 Å². The van der Waals surface area contributed by atoms with Crippen molar-refractivity contribution >= 4 is 22.4 Å². The summed E-state index contributed by atoms with van der Waals surface area (Å²) in [6.07, 6.45) is 2.52. The summed E-state index contributed by atoms with van der Waals surface area (Å²) in [6, 6.07) is 10.0. The molecule has 2 aromatic heterocycles.